The third-order valence-electron chi connectivity index (χ3n) is 3.14. The zero-order valence-corrected chi connectivity index (χ0v) is 12.5. The van der Waals surface area contributed by atoms with E-state index >= 15 is 0 Å². The Morgan fingerprint density at radius 1 is 0.810 bits per heavy atom. The van der Waals surface area contributed by atoms with Gasteiger partial charge in [0.15, 0.2) is 0 Å². The van der Waals surface area contributed by atoms with Gasteiger partial charge in [-0.3, -0.25) is 0 Å². The molecule has 1 aliphatic heterocycles. The predicted octanol–water partition coefficient (Wildman–Crippen LogP) is 4.40. The van der Waals surface area contributed by atoms with Crippen LogP contribution in [0.5, 0.6) is 0 Å². The van der Waals surface area contributed by atoms with E-state index in [9.17, 15) is 0 Å². The monoisotopic (exact) mass is 290 g/mol. The molecule has 21 heavy (non-hydrogen) atoms. The standard InChI is InChI=1S/C18H14N2S/c1-21-17-13-12-16(14-8-4-2-5-9-14)18(20-19-17)15-10-6-3-7-11-15/h2-11,13H,1H3. The number of hydrogen-bond donors (Lipinski definition) is 0. The quantitative estimate of drug-likeness (QED) is 0.752. The van der Waals surface area contributed by atoms with Crippen LogP contribution in [0, 0.1) is 0 Å². The number of thioether (sulfide) groups is 1. The van der Waals surface area contributed by atoms with E-state index in [1.54, 1.807) is 11.8 Å². The Bertz CT molecular complexity index is 752. The fourth-order valence-corrected chi connectivity index (χ4v) is 2.40. The maximum atomic E-state index is 4.46. The Balaban J connectivity index is 2.17. The average molecular weight is 290 g/mol. The third kappa shape index (κ3) is 3.05. The van der Waals surface area contributed by atoms with Crippen LogP contribution >= 0.6 is 11.8 Å². The van der Waals surface area contributed by atoms with Crippen molar-refractivity contribution in [1.82, 2.24) is 0 Å². The van der Waals surface area contributed by atoms with Gasteiger partial charge in [-0.15, -0.1) is 27.7 Å². The Morgan fingerprint density at radius 3 is 2.05 bits per heavy atom. The second-order valence-electron chi connectivity index (χ2n) is 4.49. The molecular weight excluding hydrogens is 276 g/mol. The summed E-state index contributed by atoms with van der Waals surface area (Å²) in [6.07, 6.45) is 3.88. The van der Waals surface area contributed by atoms with Crippen molar-refractivity contribution in [2.75, 3.05) is 6.26 Å². The third-order valence-corrected chi connectivity index (χ3v) is 3.76. The van der Waals surface area contributed by atoms with E-state index in [1.165, 1.54) is 0 Å². The van der Waals surface area contributed by atoms with Crippen molar-refractivity contribution in [2.24, 2.45) is 10.2 Å². The van der Waals surface area contributed by atoms with Gasteiger partial charge in [0.25, 0.3) is 0 Å². The zero-order chi connectivity index (χ0) is 14.5. The molecule has 0 saturated carbocycles. The maximum absolute atomic E-state index is 4.46. The van der Waals surface area contributed by atoms with E-state index in [-0.39, 0.29) is 0 Å². The first-order valence-corrected chi connectivity index (χ1v) is 7.88. The minimum absolute atomic E-state index is 0.849. The van der Waals surface area contributed by atoms with Crippen molar-refractivity contribution in [1.29, 1.82) is 0 Å². The van der Waals surface area contributed by atoms with Gasteiger partial charge in [-0.25, -0.2) is 0 Å². The van der Waals surface area contributed by atoms with Crippen LogP contribution in [0.4, 0.5) is 0 Å². The molecule has 0 aromatic heterocycles. The highest BCUT2D eigenvalue weighted by Gasteiger charge is 2.13. The van der Waals surface area contributed by atoms with E-state index in [2.05, 4.69) is 28.1 Å². The van der Waals surface area contributed by atoms with Gasteiger partial charge in [-0.1, -0.05) is 60.7 Å². The summed E-state index contributed by atoms with van der Waals surface area (Å²) in [6, 6.07) is 20.3. The van der Waals surface area contributed by atoms with Crippen molar-refractivity contribution in [2.45, 2.75) is 0 Å². The van der Waals surface area contributed by atoms with Gasteiger partial charge in [-0.2, -0.15) is 0 Å². The van der Waals surface area contributed by atoms with Crippen molar-refractivity contribution >= 4 is 28.1 Å². The van der Waals surface area contributed by atoms with Crippen LogP contribution in [0.2, 0.25) is 0 Å². The van der Waals surface area contributed by atoms with Crippen LogP contribution in [0.1, 0.15) is 11.1 Å². The van der Waals surface area contributed by atoms with Gasteiger partial charge in [0, 0.05) is 11.6 Å². The molecular formula is C18H14N2S. The summed E-state index contributed by atoms with van der Waals surface area (Å²) in [5.74, 6) is 0. The summed E-state index contributed by atoms with van der Waals surface area (Å²) in [5.41, 5.74) is 7.31. The summed E-state index contributed by atoms with van der Waals surface area (Å²) in [7, 11) is 0. The molecule has 0 radical (unpaired) electrons. The molecule has 3 rings (SSSR count). The zero-order valence-electron chi connectivity index (χ0n) is 11.7. The van der Waals surface area contributed by atoms with Gasteiger partial charge >= 0.3 is 0 Å². The van der Waals surface area contributed by atoms with Crippen molar-refractivity contribution in [3.8, 4) is 0 Å². The van der Waals surface area contributed by atoms with Gasteiger partial charge in [0.05, 0.1) is 5.57 Å². The lowest BCUT2D eigenvalue weighted by Gasteiger charge is -2.07. The SMILES string of the molecule is CSC1=NN=C(c2ccccc2)C(c2ccccc2)=C=C1. The smallest absolute Gasteiger partial charge is 0.126 e. The number of nitrogens with zero attached hydrogens (tertiary/aromatic N) is 2. The normalized spacial score (nSPS) is 14.0. The number of rotatable bonds is 2. The van der Waals surface area contributed by atoms with E-state index < -0.39 is 0 Å². The van der Waals surface area contributed by atoms with E-state index in [0.29, 0.717) is 0 Å². The molecule has 0 unspecified atom stereocenters. The van der Waals surface area contributed by atoms with Gasteiger partial charge in [0.1, 0.15) is 10.8 Å². The molecule has 2 aromatic carbocycles. The highest BCUT2D eigenvalue weighted by Crippen LogP contribution is 2.22. The predicted molar refractivity (Wildman–Crippen MR) is 91.9 cm³/mol. The fraction of sp³-hybridized carbons (Fsp3) is 0.0556. The molecule has 3 heteroatoms. The first-order chi connectivity index (χ1) is 10.4. The Labute approximate surface area is 128 Å². The highest BCUT2D eigenvalue weighted by atomic mass is 32.2. The maximum Gasteiger partial charge on any atom is 0.126 e. The van der Waals surface area contributed by atoms with Crippen LogP contribution in [0.3, 0.4) is 0 Å². The number of hydrogen-bond acceptors (Lipinski definition) is 3. The summed E-state index contributed by atoms with van der Waals surface area (Å²) >= 11 is 1.57. The Morgan fingerprint density at radius 2 is 1.43 bits per heavy atom. The minimum Gasteiger partial charge on any atom is -0.148 e. The van der Waals surface area contributed by atoms with E-state index in [1.807, 2.05) is 60.9 Å². The molecule has 2 nitrogen and oxygen atoms in total. The van der Waals surface area contributed by atoms with Crippen LogP contribution in [0.15, 0.2) is 82.7 Å². The fourth-order valence-electron chi connectivity index (χ4n) is 2.10. The summed E-state index contributed by atoms with van der Waals surface area (Å²) in [5, 5.41) is 9.62. The molecule has 2 aromatic rings. The highest BCUT2D eigenvalue weighted by molar-refractivity contribution is 8.13. The largest absolute Gasteiger partial charge is 0.148 e. The molecule has 1 aliphatic rings. The average Bonchev–Trinajstić information content (AvgIpc) is 2.79. The molecule has 0 saturated heterocycles. The van der Waals surface area contributed by atoms with E-state index in [0.717, 1.165) is 27.5 Å². The van der Waals surface area contributed by atoms with Gasteiger partial charge in [-0.05, 0) is 11.8 Å². The second-order valence-corrected chi connectivity index (χ2v) is 5.31. The lowest BCUT2D eigenvalue weighted by atomic mass is 9.97. The Kier molecular flexibility index (Phi) is 4.15. The first kappa shape index (κ1) is 13.6. The van der Waals surface area contributed by atoms with Crippen molar-refractivity contribution < 1.29 is 0 Å². The second kappa shape index (κ2) is 6.40. The summed E-state index contributed by atoms with van der Waals surface area (Å²) in [4.78, 5) is 0. The molecule has 1 heterocycles. The number of benzene rings is 2. The van der Waals surface area contributed by atoms with Crippen LogP contribution in [-0.4, -0.2) is 17.0 Å². The molecule has 0 amide bonds. The molecule has 0 fully saturated rings. The molecule has 0 atom stereocenters. The van der Waals surface area contributed by atoms with Gasteiger partial charge in [0.2, 0.25) is 0 Å². The topological polar surface area (TPSA) is 24.7 Å². The van der Waals surface area contributed by atoms with E-state index in [4.69, 9.17) is 0 Å². The molecule has 0 N–H and O–H groups in total. The molecule has 102 valence electrons. The lowest BCUT2D eigenvalue weighted by molar-refractivity contribution is 1.25. The molecule has 0 spiro atoms. The van der Waals surface area contributed by atoms with Crippen molar-refractivity contribution in [3.63, 3.8) is 0 Å². The van der Waals surface area contributed by atoms with Crippen LogP contribution < -0.4 is 0 Å². The lowest BCUT2D eigenvalue weighted by Crippen LogP contribution is -2.03. The Hall–Kier alpha value is -2.35. The molecule has 0 aliphatic carbocycles. The first-order valence-electron chi connectivity index (χ1n) is 6.66. The molecule has 0 bridgehead atoms. The summed E-state index contributed by atoms with van der Waals surface area (Å²) < 4.78 is 0. The van der Waals surface area contributed by atoms with Crippen LogP contribution in [0.25, 0.3) is 5.57 Å². The summed E-state index contributed by atoms with van der Waals surface area (Å²) in [6.45, 7) is 0. The minimum atomic E-state index is 0.849. The van der Waals surface area contributed by atoms with Gasteiger partial charge < -0.3 is 0 Å². The van der Waals surface area contributed by atoms with Crippen molar-refractivity contribution in [3.05, 3.63) is 83.6 Å². The van der Waals surface area contributed by atoms with Crippen LogP contribution in [-0.2, 0) is 0 Å².